The number of hydrogen-bond acceptors (Lipinski definition) is 4. The number of nitrogens with zero attached hydrogens (tertiary/aromatic N) is 1. The van der Waals surface area contributed by atoms with Crippen molar-refractivity contribution in [2.24, 2.45) is 17.8 Å². The van der Waals surface area contributed by atoms with Crippen molar-refractivity contribution in [3.63, 3.8) is 0 Å². The lowest BCUT2D eigenvalue weighted by molar-refractivity contribution is -0.130. The molecule has 5 rings (SSSR count). The van der Waals surface area contributed by atoms with Crippen molar-refractivity contribution in [1.29, 1.82) is 0 Å². The molecule has 0 bridgehead atoms. The van der Waals surface area contributed by atoms with Gasteiger partial charge in [-0.25, -0.2) is 4.90 Å². The predicted molar refractivity (Wildman–Crippen MR) is 112 cm³/mol. The van der Waals surface area contributed by atoms with Crippen molar-refractivity contribution >= 4 is 45.0 Å². The van der Waals surface area contributed by atoms with E-state index in [2.05, 4.69) is 26.6 Å². The molecule has 3 heterocycles. The van der Waals surface area contributed by atoms with Crippen molar-refractivity contribution in [3.8, 4) is 0 Å². The lowest BCUT2D eigenvalue weighted by Gasteiger charge is -2.30. The highest BCUT2D eigenvalue weighted by atomic mass is 79.9. The monoisotopic (exact) mass is 453 g/mol. The van der Waals surface area contributed by atoms with Crippen LogP contribution in [0.1, 0.15) is 19.4 Å². The van der Waals surface area contributed by atoms with Gasteiger partial charge in [-0.2, -0.15) is 0 Å². The standard InChI is InChI=1S/C22H20BrN3O3/c1-11(2)18-16-17(20(28)26(19(16)27)13-9-7-12(23)8-10-13)22(25-18)14-5-3-4-6-15(14)24-21(22)29/h3-11,16-18,25H,1-2H3,(H,24,29)/t16-,17+,18-,22+/m1/s1. The van der Waals surface area contributed by atoms with Crippen LogP contribution in [-0.2, 0) is 19.9 Å². The number of nitrogens with one attached hydrogen (secondary N) is 2. The molecule has 1 spiro atoms. The van der Waals surface area contributed by atoms with E-state index in [-0.39, 0.29) is 29.7 Å². The Morgan fingerprint density at radius 1 is 1.00 bits per heavy atom. The molecular formula is C22H20BrN3O3. The second-order valence-corrected chi connectivity index (χ2v) is 9.13. The molecule has 2 N–H and O–H groups in total. The van der Waals surface area contributed by atoms with Gasteiger partial charge in [-0.1, -0.05) is 48.0 Å². The molecule has 2 fully saturated rings. The molecular weight excluding hydrogens is 434 g/mol. The van der Waals surface area contributed by atoms with Crippen molar-refractivity contribution in [2.75, 3.05) is 10.2 Å². The first-order chi connectivity index (χ1) is 13.9. The van der Waals surface area contributed by atoms with Crippen molar-refractivity contribution in [2.45, 2.75) is 25.4 Å². The number of fused-ring (bicyclic) bond motifs is 4. The van der Waals surface area contributed by atoms with Crippen LogP contribution in [0.2, 0.25) is 0 Å². The number of anilines is 2. The molecule has 3 aliphatic rings. The summed E-state index contributed by atoms with van der Waals surface area (Å²) in [5.74, 6) is -2.15. The van der Waals surface area contributed by atoms with E-state index >= 15 is 0 Å². The van der Waals surface area contributed by atoms with Gasteiger partial charge in [-0.05, 0) is 36.2 Å². The summed E-state index contributed by atoms with van der Waals surface area (Å²) in [6, 6.07) is 14.2. The van der Waals surface area contributed by atoms with Crippen LogP contribution in [0.3, 0.4) is 0 Å². The maximum absolute atomic E-state index is 13.6. The SMILES string of the molecule is CC(C)[C@H]1N[C@]2(C(=O)Nc3ccccc32)[C@@H]2C(=O)N(c3ccc(Br)cc3)C(=O)[C@@H]12. The van der Waals surface area contributed by atoms with Gasteiger partial charge in [-0.3, -0.25) is 19.7 Å². The molecule has 0 saturated carbocycles. The van der Waals surface area contributed by atoms with Crippen molar-refractivity contribution < 1.29 is 14.4 Å². The van der Waals surface area contributed by atoms with Crippen LogP contribution in [0.15, 0.2) is 53.0 Å². The number of imide groups is 1. The largest absolute Gasteiger partial charge is 0.324 e. The molecule has 29 heavy (non-hydrogen) atoms. The van der Waals surface area contributed by atoms with Crippen LogP contribution in [0.25, 0.3) is 0 Å². The maximum atomic E-state index is 13.6. The zero-order chi connectivity index (χ0) is 20.5. The van der Waals surface area contributed by atoms with Gasteiger partial charge in [0.1, 0.15) is 5.54 Å². The molecule has 7 heteroatoms. The Bertz CT molecular complexity index is 1050. The second kappa shape index (κ2) is 6.24. The van der Waals surface area contributed by atoms with E-state index < -0.39 is 17.4 Å². The van der Waals surface area contributed by atoms with Crippen LogP contribution in [-0.4, -0.2) is 23.8 Å². The minimum Gasteiger partial charge on any atom is -0.324 e. The third kappa shape index (κ3) is 2.34. The van der Waals surface area contributed by atoms with Gasteiger partial charge in [0.2, 0.25) is 17.7 Å². The molecule has 2 aromatic rings. The Labute approximate surface area is 176 Å². The Kier molecular flexibility index (Phi) is 3.98. The fourth-order valence-corrected chi connectivity index (χ4v) is 5.37. The van der Waals surface area contributed by atoms with Crippen LogP contribution < -0.4 is 15.5 Å². The fourth-order valence-electron chi connectivity index (χ4n) is 5.11. The summed E-state index contributed by atoms with van der Waals surface area (Å²) in [6.45, 7) is 4.01. The summed E-state index contributed by atoms with van der Waals surface area (Å²) < 4.78 is 0.864. The number of carbonyl (C=O) groups is 3. The third-order valence-electron chi connectivity index (χ3n) is 6.36. The molecule has 4 atom stereocenters. The lowest BCUT2D eigenvalue weighted by Crippen LogP contribution is -2.54. The quantitative estimate of drug-likeness (QED) is 0.684. The molecule has 6 nitrogen and oxygen atoms in total. The summed E-state index contributed by atoms with van der Waals surface area (Å²) in [5, 5.41) is 6.34. The zero-order valence-electron chi connectivity index (χ0n) is 16.0. The van der Waals surface area contributed by atoms with Gasteiger partial charge in [0, 0.05) is 21.8 Å². The van der Waals surface area contributed by atoms with Crippen LogP contribution >= 0.6 is 15.9 Å². The van der Waals surface area contributed by atoms with E-state index in [1.54, 1.807) is 24.3 Å². The molecule has 0 unspecified atom stereocenters. The fraction of sp³-hybridized carbons (Fsp3) is 0.318. The highest BCUT2D eigenvalue weighted by Gasteiger charge is 2.70. The second-order valence-electron chi connectivity index (χ2n) is 8.21. The Morgan fingerprint density at radius 3 is 2.38 bits per heavy atom. The number of carbonyl (C=O) groups excluding carboxylic acids is 3. The Hall–Kier alpha value is -2.51. The molecule has 3 aliphatic heterocycles. The van der Waals surface area contributed by atoms with Gasteiger partial charge in [0.15, 0.2) is 0 Å². The van der Waals surface area contributed by atoms with E-state index in [0.717, 1.165) is 10.0 Å². The predicted octanol–water partition coefficient (Wildman–Crippen LogP) is 3.03. The summed E-state index contributed by atoms with van der Waals surface area (Å²) in [4.78, 5) is 41.6. The van der Waals surface area contributed by atoms with E-state index in [1.165, 1.54) is 4.90 Å². The summed E-state index contributed by atoms with van der Waals surface area (Å²) in [5.41, 5.74) is 0.729. The average Bonchev–Trinajstić information content (AvgIpc) is 3.28. The topological polar surface area (TPSA) is 78.5 Å². The summed E-state index contributed by atoms with van der Waals surface area (Å²) in [7, 11) is 0. The Morgan fingerprint density at radius 2 is 1.69 bits per heavy atom. The van der Waals surface area contributed by atoms with Gasteiger partial charge in [0.25, 0.3) is 0 Å². The molecule has 0 aromatic heterocycles. The molecule has 3 amide bonds. The van der Waals surface area contributed by atoms with Crippen molar-refractivity contribution in [3.05, 3.63) is 58.6 Å². The highest BCUT2D eigenvalue weighted by molar-refractivity contribution is 9.10. The summed E-state index contributed by atoms with van der Waals surface area (Å²) in [6.07, 6.45) is 0. The number of halogens is 1. The third-order valence-corrected chi connectivity index (χ3v) is 6.89. The van der Waals surface area contributed by atoms with E-state index in [1.807, 2.05) is 38.1 Å². The summed E-state index contributed by atoms with van der Waals surface area (Å²) >= 11 is 3.38. The van der Waals surface area contributed by atoms with Crippen LogP contribution in [0.5, 0.6) is 0 Å². The molecule has 0 radical (unpaired) electrons. The van der Waals surface area contributed by atoms with Crippen LogP contribution in [0.4, 0.5) is 11.4 Å². The van der Waals surface area contributed by atoms with Crippen LogP contribution in [0, 0.1) is 17.8 Å². The number of hydrogen-bond donors (Lipinski definition) is 2. The highest BCUT2D eigenvalue weighted by Crippen LogP contribution is 2.54. The first-order valence-electron chi connectivity index (χ1n) is 9.68. The number of rotatable bonds is 2. The minimum atomic E-state index is -1.23. The molecule has 0 aliphatic carbocycles. The molecule has 148 valence electrons. The average molecular weight is 454 g/mol. The number of para-hydroxylation sites is 1. The van der Waals surface area contributed by atoms with E-state index in [0.29, 0.717) is 11.4 Å². The van der Waals surface area contributed by atoms with Gasteiger partial charge in [-0.15, -0.1) is 0 Å². The first kappa shape index (κ1) is 18.5. The first-order valence-corrected chi connectivity index (χ1v) is 10.5. The smallest absolute Gasteiger partial charge is 0.250 e. The van der Waals surface area contributed by atoms with E-state index in [9.17, 15) is 14.4 Å². The number of benzene rings is 2. The van der Waals surface area contributed by atoms with Crippen molar-refractivity contribution in [1.82, 2.24) is 5.32 Å². The molecule has 2 aromatic carbocycles. The van der Waals surface area contributed by atoms with Gasteiger partial charge < -0.3 is 5.32 Å². The number of amides is 3. The minimum absolute atomic E-state index is 0.0732. The van der Waals surface area contributed by atoms with Gasteiger partial charge >= 0.3 is 0 Å². The zero-order valence-corrected chi connectivity index (χ0v) is 17.6. The molecule has 2 saturated heterocycles. The van der Waals surface area contributed by atoms with E-state index in [4.69, 9.17) is 0 Å². The normalized spacial score (nSPS) is 30.3. The van der Waals surface area contributed by atoms with Gasteiger partial charge in [0.05, 0.1) is 17.5 Å². The maximum Gasteiger partial charge on any atom is 0.250 e. The Balaban J connectivity index is 1.68. The lowest BCUT2D eigenvalue weighted by atomic mass is 9.76.